The second-order valence-electron chi connectivity index (χ2n) is 6.23. The summed E-state index contributed by atoms with van der Waals surface area (Å²) >= 11 is 3.27. The van der Waals surface area contributed by atoms with Crippen molar-refractivity contribution in [3.63, 3.8) is 0 Å². The lowest BCUT2D eigenvalue weighted by Gasteiger charge is -2.35. The fraction of sp³-hybridized carbons (Fsp3) is 0.316. The fourth-order valence-electron chi connectivity index (χ4n) is 2.96. The molecule has 2 aromatic carbocycles. The topological polar surface area (TPSA) is 35.6 Å². The van der Waals surface area contributed by atoms with Crippen LogP contribution in [0.25, 0.3) is 0 Å². The molecule has 0 radical (unpaired) electrons. The van der Waals surface area contributed by atoms with Crippen molar-refractivity contribution >= 4 is 27.5 Å². The van der Waals surface area contributed by atoms with Crippen molar-refractivity contribution in [3.05, 3.63) is 63.9 Å². The van der Waals surface area contributed by atoms with Gasteiger partial charge in [0.2, 0.25) is 0 Å². The first-order chi connectivity index (χ1) is 12.0. The predicted molar refractivity (Wildman–Crippen MR) is 101 cm³/mol. The number of carbonyl (C=O) groups excluding carboxylic acids is 1. The maximum Gasteiger partial charge on any atom is 0.254 e. The molecule has 0 atom stereocenters. The average molecular weight is 406 g/mol. The van der Waals surface area contributed by atoms with Crippen molar-refractivity contribution in [1.82, 2.24) is 10.2 Å². The number of nitrogens with one attached hydrogen (secondary N) is 1. The van der Waals surface area contributed by atoms with Gasteiger partial charge in [0.1, 0.15) is 5.82 Å². The number of nitrogens with zero attached hydrogens (tertiary/aromatic N) is 2. The number of amides is 1. The molecule has 1 saturated heterocycles. The van der Waals surface area contributed by atoms with Gasteiger partial charge >= 0.3 is 0 Å². The van der Waals surface area contributed by atoms with Gasteiger partial charge in [-0.15, -0.1) is 0 Å². The van der Waals surface area contributed by atoms with Crippen molar-refractivity contribution in [3.8, 4) is 0 Å². The van der Waals surface area contributed by atoms with Crippen LogP contribution in [0.3, 0.4) is 0 Å². The van der Waals surface area contributed by atoms with Gasteiger partial charge in [0.25, 0.3) is 5.91 Å². The Kier molecular flexibility index (Phi) is 5.71. The average Bonchev–Trinajstić information content (AvgIpc) is 2.63. The zero-order valence-corrected chi connectivity index (χ0v) is 15.7. The van der Waals surface area contributed by atoms with Crippen LogP contribution in [0.4, 0.5) is 10.1 Å². The van der Waals surface area contributed by atoms with Crippen LogP contribution in [0.2, 0.25) is 0 Å². The Labute approximate surface area is 155 Å². The number of anilines is 1. The van der Waals surface area contributed by atoms with Gasteiger partial charge in [-0.05, 0) is 36.9 Å². The van der Waals surface area contributed by atoms with Crippen molar-refractivity contribution in [2.75, 3.05) is 38.1 Å². The molecule has 1 N–H and O–H groups in total. The molecular weight excluding hydrogens is 385 g/mol. The molecule has 6 heteroatoms. The van der Waals surface area contributed by atoms with E-state index in [1.807, 2.05) is 18.2 Å². The van der Waals surface area contributed by atoms with E-state index in [0.29, 0.717) is 11.0 Å². The third-order valence-electron chi connectivity index (χ3n) is 4.45. The van der Waals surface area contributed by atoms with E-state index in [2.05, 4.69) is 44.2 Å². The third-order valence-corrected chi connectivity index (χ3v) is 4.94. The Hall–Kier alpha value is -1.92. The molecule has 0 bridgehead atoms. The van der Waals surface area contributed by atoms with Crippen molar-refractivity contribution < 1.29 is 9.18 Å². The summed E-state index contributed by atoms with van der Waals surface area (Å²) in [4.78, 5) is 17.0. The van der Waals surface area contributed by atoms with Crippen LogP contribution in [0.5, 0.6) is 0 Å². The highest BCUT2D eigenvalue weighted by molar-refractivity contribution is 9.10. The van der Waals surface area contributed by atoms with Crippen molar-refractivity contribution in [1.29, 1.82) is 0 Å². The van der Waals surface area contributed by atoms with Crippen LogP contribution in [0.15, 0.2) is 46.9 Å². The Morgan fingerprint density at radius 3 is 2.64 bits per heavy atom. The molecule has 3 rings (SSSR count). The summed E-state index contributed by atoms with van der Waals surface area (Å²) in [5, 5.41) is 2.83. The van der Waals surface area contributed by atoms with E-state index in [1.165, 1.54) is 12.1 Å². The molecule has 1 fully saturated rings. The molecular formula is C19H21BrFN3O. The first-order valence-electron chi connectivity index (χ1n) is 8.29. The van der Waals surface area contributed by atoms with Gasteiger partial charge in [0.05, 0.1) is 5.56 Å². The molecule has 0 saturated carbocycles. The second kappa shape index (κ2) is 7.97. The Morgan fingerprint density at radius 2 is 1.88 bits per heavy atom. The van der Waals surface area contributed by atoms with Gasteiger partial charge < -0.3 is 15.1 Å². The number of halogens is 2. The molecule has 4 nitrogen and oxygen atoms in total. The van der Waals surface area contributed by atoms with Crippen LogP contribution in [0.1, 0.15) is 15.9 Å². The Balaban J connectivity index is 1.71. The van der Waals surface area contributed by atoms with E-state index in [4.69, 9.17) is 0 Å². The van der Waals surface area contributed by atoms with Crippen LogP contribution >= 0.6 is 15.9 Å². The summed E-state index contributed by atoms with van der Waals surface area (Å²) < 4.78 is 14.5. The van der Waals surface area contributed by atoms with Gasteiger partial charge in [-0.1, -0.05) is 34.1 Å². The lowest BCUT2D eigenvalue weighted by molar-refractivity contribution is 0.0947. The third kappa shape index (κ3) is 4.38. The summed E-state index contributed by atoms with van der Waals surface area (Å²) in [6.07, 6.45) is 0. The molecule has 2 aromatic rings. The first kappa shape index (κ1) is 17.9. The Morgan fingerprint density at radius 1 is 1.16 bits per heavy atom. The minimum atomic E-state index is -0.520. The molecule has 132 valence electrons. The van der Waals surface area contributed by atoms with Gasteiger partial charge in [0, 0.05) is 42.9 Å². The minimum absolute atomic E-state index is 0.0476. The molecule has 0 aliphatic carbocycles. The van der Waals surface area contributed by atoms with Gasteiger partial charge in [-0.3, -0.25) is 4.79 Å². The normalized spacial score (nSPS) is 15.2. The predicted octanol–water partition coefficient (Wildman–Crippen LogP) is 3.27. The highest BCUT2D eigenvalue weighted by Crippen LogP contribution is 2.22. The molecule has 0 spiro atoms. The smallest absolute Gasteiger partial charge is 0.254 e. The lowest BCUT2D eigenvalue weighted by atomic mass is 10.1. The number of likely N-dealkylation sites (N-methyl/N-ethyl adjacent to an activating group) is 1. The molecule has 0 unspecified atom stereocenters. The number of rotatable bonds is 4. The number of benzene rings is 2. The van der Waals surface area contributed by atoms with Crippen LogP contribution < -0.4 is 10.2 Å². The van der Waals surface area contributed by atoms with E-state index < -0.39 is 11.7 Å². The molecule has 25 heavy (non-hydrogen) atoms. The largest absolute Gasteiger partial charge is 0.369 e. The van der Waals surface area contributed by atoms with Gasteiger partial charge in [-0.2, -0.15) is 0 Å². The van der Waals surface area contributed by atoms with Crippen LogP contribution in [-0.2, 0) is 6.54 Å². The zero-order chi connectivity index (χ0) is 17.8. The van der Waals surface area contributed by atoms with Crippen LogP contribution in [0, 0.1) is 5.82 Å². The van der Waals surface area contributed by atoms with E-state index in [9.17, 15) is 9.18 Å². The van der Waals surface area contributed by atoms with E-state index in [1.54, 1.807) is 6.07 Å². The quantitative estimate of drug-likeness (QED) is 0.847. The molecule has 1 aliphatic rings. The lowest BCUT2D eigenvalue weighted by Crippen LogP contribution is -2.45. The van der Waals surface area contributed by atoms with Crippen molar-refractivity contribution in [2.45, 2.75) is 6.54 Å². The Bertz CT molecular complexity index is 760. The number of hydrogen-bond donors (Lipinski definition) is 1. The highest BCUT2D eigenvalue weighted by atomic mass is 79.9. The first-order valence-corrected chi connectivity index (χ1v) is 9.08. The minimum Gasteiger partial charge on any atom is -0.369 e. The second-order valence-corrected chi connectivity index (χ2v) is 7.14. The molecule has 1 amide bonds. The van der Waals surface area contributed by atoms with Gasteiger partial charge in [0.15, 0.2) is 0 Å². The molecule has 0 aromatic heterocycles. The highest BCUT2D eigenvalue weighted by Gasteiger charge is 2.17. The van der Waals surface area contributed by atoms with E-state index in [0.717, 1.165) is 37.4 Å². The van der Waals surface area contributed by atoms with Gasteiger partial charge in [-0.25, -0.2) is 4.39 Å². The maximum absolute atomic E-state index is 13.9. The standard InChI is InChI=1S/C19H21BrFN3O/c1-23-8-10-24(11-9-23)18-5-3-2-4-14(18)13-22-19(25)16-12-15(20)6-7-17(16)21/h2-7,12H,8-11,13H2,1H3,(H,22,25). The fourth-order valence-corrected chi connectivity index (χ4v) is 3.32. The summed E-state index contributed by atoms with van der Waals surface area (Å²) in [5.41, 5.74) is 2.22. The maximum atomic E-state index is 13.9. The number of hydrogen-bond acceptors (Lipinski definition) is 3. The number of piperazine rings is 1. The van der Waals surface area contributed by atoms with Crippen molar-refractivity contribution in [2.24, 2.45) is 0 Å². The summed E-state index contributed by atoms with van der Waals surface area (Å²) in [7, 11) is 2.12. The van der Waals surface area contributed by atoms with E-state index >= 15 is 0 Å². The summed E-state index contributed by atoms with van der Waals surface area (Å²) in [6, 6.07) is 12.4. The number of para-hydroxylation sites is 1. The molecule has 1 aliphatic heterocycles. The molecule has 1 heterocycles. The zero-order valence-electron chi connectivity index (χ0n) is 14.1. The summed E-state index contributed by atoms with van der Waals surface area (Å²) in [5.74, 6) is -0.931. The SMILES string of the molecule is CN1CCN(c2ccccc2CNC(=O)c2cc(Br)ccc2F)CC1. The summed E-state index contributed by atoms with van der Waals surface area (Å²) in [6.45, 7) is 4.32. The van der Waals surface area contributed by atoms with E-state index in [-0.39, 0.29) is 5.56 Å². The number of carbonyl (C=O) groups is 1. The van der Waals surface area contributed by atoms with Crippen LogP contribution in [-0.4, -0.2) is 44.0 Å². The monoisotopic (exact) mass is 405 g/mol.